The van der Waals surface area contributed by atoms with Gasteiger partial charge in [-0.2, -0.15) is 5.48 Å². The molecule has 0 amide bonds. The first-order valence-electron chi connectivity index (χ1n) is 6.74. The Balaban J connectivity index is 1.99. The van der Waals surface area contributed by atoms with Crippen LogP contribution in [-0.2, 0) is 4.84 Å². The fourth-order valence-corrected chi connectivity index (χ4v) is 2.36. The van der Waals surface area contributed by atoms with Gasteiger partial charge in [0.15, 0.2) is 0 Å². The van der Waals surface area contributed by atoms with Crippen molar-refractivity contribution in [2.45, 2.75) is 51.7 Å². The second-order valence-electron chi connectivity index (χ2n) is 5.17. The van der Waals surface area contributed by atoms with Gasteiger partial charge in [0, 0.05) is 11.6 Å². The standard InChI is InChI=1S/C14H20N2O3/c1-10-7-8-12(9-14(10)16(17)18)11(2)15-19-13-5-3-4-6-13/h7-9,11,13,15H,3-6H2,1-2H3. The lowest BCUT2D eigenvalue weighted by Gasteiger charge is -2.18. The molecule has 0 aliphatic heterocycles. The smallest absolute Gasteiger partial charge is 0.272 e. The largest absolute Gasteiger partial charge is 0.298 e. The highest BCUT2D eigenvalue weighted by Crippen LogP contribution is 2.24. The molecule has 1 saturated carbocycles. The van der Waals surface area contributed by atoms with E-state index in [1.807, 2.05) is 13.0 Å². The van der Waals surface area contributed by atoms with Gasteiger partial charge in [0.25, 0.3) is 5.69 Å². The lowest BCUT2D eigenvalue weighted by Crippen LogP contribution is -2.24. The molecule has 1 fully saturated rings. The molecule has 1 N–H and O–H groups in total. The number of benzene rings is 1. The van der Waals surface area contributed by atoms with Crippen LogP contribution >= 0.6 is 0 Å². The number of nitro groups is 1. The monoisotopic (exact) mass is 264 g/mol. The Morgan fingerprint density at radius 1 is 1.42 bits per heavy atom. The first-order valence-corrected chi connectivity index (χ1v) is 6.74. The van der Waals surface area contributed by atoms with E-state index >= 15 is 0 Å². The summed E-state index contributed by atoms with van der Waals surface area (Å²) in [6.07, 6.45) is 4.90. The summed E-state index contributed by atoms with van der Waals surface area (Å²) in [5.74, 6) is 0. The predicted octanol–water partition coefficient (Wildman–Crippen LogP) is 3.43. The van der Waals surface area contributed by atoms with Gasteiger partial charge in [0.2, 0.25) is 0 Å². The van der Waals surface area contributed by atoms with Crippen LogP contribution in [0.4, 0.5) is 5.69 Å². The molecule has 1 atom stereocenters. The number of hydrogen-bond acceptors (Lipinski definition) is 4. The van der Waals surface area contributed by atoms with Crippen LogP contribution in [0.3, 0.4) is 0 Å². The average Bonchev–Trinajstić information content (AvgIpc) is 2.89. The summed E-state index contributed by atoms with van der Waals surface area (Å²) in [5, 5.41) is 10.9. The summed E-state index contributed by atoms with van der Waals surface area (Å²) >= 11 is 0. The fraction of sp³-hybridized carbons (Fsp3) is 0.571. The van der Waals surface area contributed by atoms with E-state index in [-0.39, 0.29) is 22.8 Å². The maximum Gasteiger partial charge on any atom is 0.272 e. The van der Waals surface area contributed by atoms with Crippen LogP contribution in [0.25, 0.3) is 0 Å². The number of hydroxylamine groups is 1. The van der Waals surface area contributed by atoms with Crippen LogP contribution < -0.4 is 5.48 Å². The van der Waals surface area contributed by atoms with E-state index in [2.05, 4.69) is 5.48 Å². The highest BCUT2D eigenvalue weighted by atomic mass is 16.7. The second-order valence-corrected chi connectivity index (χ2v) is 5.17. The zero-order valence-corrected chi connectivity index (χ0v) is 11.4. The molecule has 0 radical (unpaired) electrons. The van der Waals surface area contributed by atoms with Crippen molar-refractivity contribution in [1.29, 1.82) is 0 Å². The van der Waals surface area contributed by atoms with Crippen molar-refractivity contribution in [3.63, 3.8) is 0 Å². The van der Waals surface area contributed by atoms with E-state index in [0.717, 1.165) is 18.4 Å². The summed E-state index contributed by atoms with van der Waals surface area (Å²) in [7, 11) is 0. The molecule has 0 heterocycles. The van der Waals surface area contributed by atoms with Crippen molar-refractivity contribution >= 4 is 5.69 Å². The number of aryl methyl sites for hydroxylation is 1. The molecule has 1 aliphatic carbocycles. The van der Waals surface area contributed by atoms with Gasteiger partial charge in [0.1, 0.15) is 0 Å². The molecule has 1 aromatic carbocycles. The quantitative estimate of drug-likeness (QED) is 0.653. The molecule has 0 bridgehead atoms. The second kappa shape index (κ2) is 6.12. The summed E-state index contributed by atoms with van der Waals surface area (Å²) in [6, 6.07) is 5.24. The Kier molecular flexibility index (Phi) is 4.50. The summed E-state index contributed by atoms with van der Waals surface area (Å²) in [6.45, 7) is 3.69. The van der Waals surface area contributed by atoms with Crippen molar-refractivity contribution in [2.75, 3.05) is 0 Å². The topological polar surface area (TPSA) is 64.4 Å². The molecule has 0 saturated heterocycles. The van der Waals surface area contributed by atoms with Crippen molar-refractivity contribution < 1.29 is 9.76 Å². The molecule has 2 rings (SSSR count). The van der Waals surface area contributed by atoms with Crippen LogP contribution in [0.1, 0.15) is 49.8 Å². The molecule has 1 unspecified atom stereocenters. The number of hydrogen-bond donors (Lipinski definition) is 1. The normalized spacial score (nSPS) is 17.6. The third-order valence-corrected chi connectivity index (χ3v) is 3.64. The van der Waals surface area contributed by atoms with Gasteiger partial charge in [-0.15, -0.1) is 0 Å². The molecule has 104 valence electrons. The highest BCUT2D eigenvalue weighted by molar-refractivity contribution is 5.43. The minimum absolute atomic E-state index is 0.0556. The minimum atomic E-state index is -0.344. The van der Waals surface area contributed by atoms with E-state index < -0.39 is 0 Å². The molecule has 19 heavy (non-hydrogen) atoms. The van der Waals surface area contributed by atoms with E-state index in [9.17, 15) is 10.1 Å². The van der Waals surface area contributed by atoms with Crippen molar-refractivity contribution in [3.8, 4) is 0 Å². The van der Waals surface area contributed by atoms with Crippen molar-refractivity contribution in [3.05, 3.63) is 39.4 Å². The van der Waals surface area contributed by atoms with E-state index in [4.69, 9.17) is 4.84 Å². The molecule has 0 aromatic heterocycles. The van der Waals surface area contributed by atoms with Gasteiger partial charge in [-0.3, -0.25) is 15.0 Å². The van der Waals surface area contributed by atoms with Crippen molar-refractivity contribution in [1.82, 2.24) is 5.48 Å². The third kappa shape index (κ3) is 3.52. The van der Waals surface area contributed by atoms with E-state index in [1.165, 1.54) is 12.8 Å². The maximum atomic E-state index is 10.9. The van der Waals surface area contributed by atoms with Gasteiger partial charge < -0.3 is 0 Å². The van der Waals surface area contributed by atoms with Gasteiger partial charge in [-0.05, 0) is 32.3 Å². The molecular weight excluding hydrogens is 244 g/mol. The minimum Gasteiger partial charge on any atom is -0.298 e. The van der Waals surface area contributed by atoms with Gasteiger partial charge in [-0.1, -0.05) is 25.0 Å². The number of rotatable bonds is 5. The molecule has 1 aromatic rings. The summed E-state index contributed by atoms with van der Waals surface area (Å²) in [4.78, 5) is 16.2. The fourth-order valence-electron chi connectivity index (χ4n) is 2.36. The number of nitro benzene ring substituents is 1. The Morgan fingerprint density at radius 3 is 2.74 bits per heavy atom. The molecule has 5 heteroatoms. The first-order chi connectivity index (χ1) is 9.08. The van der Waals surface area contributed by atoms with Crippen LogP contribution in [0, 0.1) is 17.0 Å². The molecule has 5 nitrogen and oxygen atoms in total. The lowest BCUT2D eigenvalue weighted by molar-refractivity contribution is -0.385. The number of nitrogens with one attached hydrogen (secondary N) is 1. The SMILES string of the molecule is Cc1ccc(C(C)NOC2CCCC2)cc1[N+](=O)[O-]. The number of nitrogens with zero attached hydrogens (tertiary/aromatic N) is 1. The van der Waals surface area contributed by atoms with E-state index in [1.54, 1.807) is 19.1 Å². The zero-order chi connectivity index (χ0) is 13.8. The molecule has 1 aliphatic rings. The Hall–Kier alpha value is -1.46. The highest BCUT2D eigenvalue weighted by Gasteiger charge is 2.18. The Labute approximate surface area is 113 Å². The Bertz CT molecular complexity index is 456. The van der Waals surface area contributed by atoms with Crippen LogP contribution in [0.15, 0.2) is 18.2 Å². The average molecular weight is 264 g/mol. The van der Waals surface area contributed by atoms with Crippen molar-refractivity contribution in [2.24, 2.45) is 0 Å². The summed E-state index contributed by atoms with van der Waals surface area (Å²) in [5.41, 5.74) is 4.71. The van der Waals surface area contributed by atoms with Crippen LogP contribution in [0.2, 0.25) is 0 Å². The maximum absolute atomic E-state index is 10.9. The van der Waals surface area contributed by atoms with E-state index in [0.29, 0.717) is 5.56 Å². The summed E-state index contributed by atoms with van der Waals surface area (Å²) < 4.78 is 0. The zero-order valence-electron chi connectivity index (χ0n) is 11.4. The Morgan fingerprint density at radius 2 is 2.11 bits per heavy atom. The lowest BCUT2D eigenvalue weighted by atomic mass is 10.1. The van der Waals surface area contributed by atoms with Gasteiger partial charge in [0.05, 0.1) is 17.1 Å². The third-order valence-electron chi connectivity index (χ3n) is 3.64. The van der Waals surface area contributed by atoms with Gasteiger partial charge >= 0.3 is 0 Å². The molecule has 0 spiro atoms. The molecular formula is C14H20N2O3. The van der Waals surface area contributed by atoms with Crippen LogP contribution in [0.5, 0.6) is 0 Å². The van der Waals surface area contributed by atoms with Gasteiger partial charge in [-0.25, -0.2) is 0 Å². The van der Waals surface area contributed by atoms with Crippen LogP contribution in [-0.4, -0.2) is 11.0 Å². The predicted molar refractivity (Wildman–Crippen MR) is 72.7 cm³/mol. The first kappa shape index (κ1) is 14.0.